The highest BCUT2D eigenvalue weighted by Gasteiger charge is 2.18. The van der Waals surface area contributed by atoms with Crippen molar-refractivity contribution in [2.24, 2.45) is 0 Å². The summed E-state index contributed by atoms with van der Waals surface area (Å²) in [5, 5.41) is 3.66. The van der Waals surface area contributed by atoms with Crippen LogP contribution in [0.3, 0.4) is 0 Å². The minimum atomic E-state index is -0.159. The zero-order chi connectivity index (χ0) is 15.5. The van der Waals surface area contributed by atoms with Gasteiger partial charge in [-0.3, -0.25) is 0 Å². The summed E-state index contributed by atoms with van der Waals surface area (Å²) < 4.78 is 5.23. The first-order valence-electron chi connectivity index (χ1n) is 6.67. The topological polar surface area (TPSA) is 59.9 Å². The molecule has 6 heteroatoms. The SMILES string of the molecule is COc1ncccc1CNc1cc(Cl)nc(C(C)(C)C)n1. The third-order valence-corrected chi connectivity index (χ3v) is 3.06. The fourth-order valence-electron chi connectivity index (χ4n) is 1.77. The van der Waals surface area contributed by atoms with Crippen LogP contribution in [0.2, 0.25) is 5.15 Å². The van der Waals surface area contributed by atoms with Gasteiger partial charge in [0.1, 0.15) is 16.8 Å². The summed E-state index contributed by atoms with van der Waals surface area (Å²) in [6.07, 6.45) is 1.70. The van der Waals surface area contributed by atoms with E-state index in [-0.39, 0.29) is 5.41 Å². The minimum absolute atomic E-state index is 0.159. The molecule has 2 aromatic heterocycles. The molecule has 0 saturated carbocycles. The first-order valence-corrected chi connectivity index (χ1v) is 7.05. The van der Waals surface area contributed by atoms with E-state index in [1.807, 2.05) is 32.9 Å². The highest BCUT2D eigenvalue weighted by Crippen LogP contribution is 2.23. The molecular formula is C15H19ClN4O. The highest BCUT2D eigenvalue weighted by atomic mass is 35.5. The number of nitrogens with zero attached hydrogens (tertiary/aromatic N) is 3. The van der Waals surface area contributed by atoms with E-state index >= 15 is 0 Å². The molecule has 0 spiro atoms. The summed E-state index contributed by atoms with van der Waals surface area (Å²) in [5.41, 5.74) is 0.792. The molecule has 0 aromatic carbocycles. The Labute approximate surface area is 129 Å². The van der Waals surface area contributed by atoms with E-state index in [9.17, 15) is 0 Å². The van der Waals surface area contributed by atoms with Crippen molar-refractivity contribution in [3.8, 4) is 5.88 Å². The summed E-state index contributed by atoms with van der Waals surface area (Å²) in [7, 11) is 1.60. The second-order valence-corrected chi connectivity index (χ2v) is 6.06. The molecule has 2 heterocycles. The normalized spacial score (nSPS) is 11.3. The van der Waals surface area contributed by atoms with Gasteiger partial charge in [-0.05, 0) is 6.07 Å². The summed E-state index contributed by atoms with van der Waals surface area (Å²) in [4.78, 5) is 12.9. The van der Waals surface area contributed by atoms with E-state index in [4.69, 9.17) is 16.3 Å². The lowest BCUT2D eigenvalue weighted by Gasteiger charge is -2.18. The molecule has 5 nitrogen and oxygen atoms in total. The molecule has 0 aliphatic rings. The highest BCUT2D eigenvalue weighted by molar-refractivity contribution is 6.29. The number of ether oxygens (including phenoxy) is 1. The number of pyridine rings is 1. The third-order valence-electron chi connectivity index (χ3n) is 2.87. The van der Waals surface area contributed by atoms with Crippen LogP contribution in [0.25, 0.3) is 0 Å². The molecule has 2 aromatic rings. The van der Waals surface area contributed by atoms with Gasteiger partial charge in [0.2, 0.25) is 5.88 Å². The average Bonchev–Trinajstić information content (AvgIpc) is 2.44. The lowest BCUT2D eigenvalue weighted by molar-refractivity contribution is 0.393. The van der Waals surface area contributed by atoms with E-state index in [0.29, 0.717) is 29.2 Å². The Balaban J connectivity index is 2.19. The Hall–Kier alpha value is -1.88. The third kappa shape index (κ3) is 4.04. The molecule has 112 valence electrons. The molecule has 0 atom stereocenters. The van der Waals surface area contributed by atoms with Crippen molar-refractivity contribution in [3.05, 3.63) is 40.9 Å². The predicted octanol–water partition coefficient (Wildman–Crippen LogP) is 3.44. The zero-order valence-corrected chi connectivity index (χ0v) is 13.4. The van der Waals surface area contributed by atoms with Crippen LogP contribution in [-0.4, -0.2) is 22.1 Å². The Morgan fingerprint density at radius 2 is 2.05 bits per heavy atom. The predicted molar refractivity (Wildman–Crippen MR) is 83.9 cm³/mol. The van der Waals surface area contributed by atoms with Gasteiger partial charge in [-0.2, -0.15) is 0 Å². The van der Waals surface area contributed by atoms with Crippen molar-refractivity contribution in [1.82, 2.24) is 15.0 Å². The zero-order valence-electron chi connectivity index (χ0n) is 12.6. The van der Waals surface area contributed by atoms with Crippen LogP contribution < -0.4 is 10.1 Å². The number of methoxy groups -OCH3 is 1. The number of aromatic nitrogens is 3. The van der Waals surface area contributed by atoms with Crippen molar-refractivity contribution >= 4 is 17.4 Å². The van der Waals surface area contributed by atoms with E-state index in [2.05, 4.69) is 20.3 Å². The Bertz CT molecular complexity index is 625. The first-order chi connectivity index (χ1) is 9.90. The van der Waals surface area contributed by atoms with Gasteiger partial charge in [-0.15, -0.1) is 0 Å². The van der Waals surface area contributed by atoms with Crippen LogP contribution in [-0.2, 0) is 12.0 Å². The molecule has 0 aliphatic carbocycles. The molecular weight excluding hydrogens is 288 g/mol. The lowest BCUT2D eigenvalue weighted by Crippen LogP contribution is -2.17. The van der Waals surface area contributed by atoms with Crippen molar-refractivity contribution in [3.63, 3.8) is 0 Å². The molecule has 0 unspecified atom stereocenters. The minimum Gasteiger partial charge on any atom is -0.481 e. The monoisotopic (exact) mass is 306 g/mol. The van der Waals surface area contributed by atoms with E-state index < -0.39 is 0 Å². The van der Waals surface area contributed by atoms with Gasteiger partial charge in [0.25, 0.3) is 0 Å². The van der Waals surface area contributed by atoms with Gasteiger partial charge in [-0.1, -0.05) is 38.4 Å². The van der Waals surface area contributed by atoms with Gasteiger partial charge in [0.05, 0.1) is 7.11 Å². The quantitative estimate of drug-likeness (QED) is 0.877. The largest absolute Gasteiger partial charge is 0.481 e. The fourth-order valence-corrected chi connectivity index (χ4v) is 1.96. The smallest absolute Gasteiger partial charge is 0.218 e. The lowest BCUT2D eigenvalue weighted by atomic mass is 9.96. The van der Waals surface area contributed by atoms with Gasteiger partial charge >= 0.3 is 0 Å². The summed E-state index contributed by atoms with van der Waals surface area (Å²) >= 11 is 6.07. The second kappa shape index (κ2) is 6.26. The molecule has 0 radical (unpaired) electrons. The van der Waals surface area contributed by atoms with Crippen LogP contribution in [0.4, 0.5) is 5.82 Å². The molecule has 0 saturated heterocycles. The molecule has 21 heavy (non-hydrogen) atoms. The number of nitrogens with one attached hydrogen (secondary N) is 1. The second-order valence-electron chi connectivity index (χ2n) is 5.67. The Morgan fingerprint density at radius 3 is 2.71 bits per heavy atom. The van der Waals surface area contributed by atoms with Gasteiger partial charge < -0.3 is 10.1 Å². The number of halogens is 1. The van der Waals surface area contributed by atoms with E-state index in [1.54, 1.807) is 19.4 Å². The fraction of sp³-hybridized carbons (Fsp3) is 0.400. The summed E-state index contributed by atoms with van der Waals surface area (Å²) in [6.45, 7) is 6.69. The number of rotatable bonds is 4. The average molecular weight is 307 g/mol. The number of anilines is 1. The maximum Gasteiger partial charge on any atom is 0.218 e. The molecule has 0 bridgehead atoms. The van der Waals surface area contributed by atoms with Gasteiger partial charge in [-0.25, -0.2) is 15.0 Å². The van der Waals surface area contributed by atoms with Crippen LogP contribution in [0.1, 0.15) is 32.2 Å². The van der Waals surface area contributed by atoms with E-state index in [1.165, 1.54) is 0 Å². The molecule has 0 fully saturated rings. The van der Waals surface area contributed by atoms with Crippen molar-refractivity contribution in [1.29, 1.82) is 0 Å². The maximum atomic E-state index is 6.07. The van der Waals surface area contributed by atoms with Crippen LogP contribution in [0.15, 0.2) is 24.4 Å². The standard InChI is InChI=1S/C15H19ClN4O/c1-15(2,3)14-19-11(16)8-12(20-14)18-9-10-6-5-7-17-13(10)21-4/h5-8H,9H2,1-4H3,(H,18,19,20). The Morgan fingerprint density at radius 1 is 1.29 bits per heavy atom. The molecule has 0 amide bonds. The van der Waals surface area contributed by atoms with Crippen molar-refractivity contribution < 1.29 is 4.74 Å². The first kappa shape index (κ1) is 15.5. The molecule has 2 rings (SSSR count). The molecule has 1 N–H and O–H groups in total. The van der Waals surface area contributed by atoms with Crippen LogP contribution in [0.5, 0.6) is 5.88 Å². The van der Waals surface area contributed by atoms with Crippen LogP contribution in [0, 0.1) is 0 Å². The molecule has 0 aliphatic heterocycles. The van der Waals surface area contributed by atoms with Gasteiger partial charge in [0, 0.05) is 29.8 Å². The Kier molecular flexibility index (Phi) is 4.63. The van der Waals surface area contributed by atoms with Gasteiger partial charge in [0.15, 0.2) is 0 Å². The van der Waals surface area contributed by atoms with E-state index in [0.717, 1.165) is 5.56 Å². The summed E-state index contributed by atoms with van der Waals surface area (Å²) in [6, 6.07) is 5.53. The summed E-state index contributed by atoms with van der Waals surface area (Å²) in [5.74, 6) is 1.99. The number of hydrogen-bond acceptors (Lipinski definition) is 5. The van der Waals surface area contributed by atoms with Crippen molar-refractivity contribution in [2.75, 3.05) is 12.4 Å². The maximum absolute atomic E-state index is 6.07. The van der Waals surface area contributed by atoms with Crippen LogP contribution >= 0.6 is 11.6 Å². The van der Waals surface area contributed by atoms with Crippen molar-refractivity contribution in [2.45, 2.75) is 32.7 Å². The number of hydrogen-bond donors (Lipinski definition) is 1.